The summed E-state index contributed by atoms with van der Waals surface area (Å²) >= 11 is 2.09. The van der Waals surface area contributed by atoms with Gasteiger partial charge in [0.25, 0.3) is 0 Å². The molecule has 0 aliphatic carbocycles. The predicted molar refractivity (Wildman–Crippen MR) is 83.9 cm³/mol. The van der Waals surface area contributed by atoms with E-state index in [-0.39, 0.29) is 0 Å². The number of aliphatic hydroxyl groups excluding tert-OH is 4. The summed E-state index contributed by atoms with van der Waals surface area (Å²) in [4.78, 5) is 0. The molecule has 0 aromatic heterocycles. The summed E-state index contributed by atoms with van der Waals surface area (Å²) in [5.74, 6) is 0. The van der Waals surface area contributed by atoms with E-state index in [1.165, 1.54) is 0 Å². The van der Waals surface area contributed by atoms with Gasteiger partial charge in [-0.25, -0.2) is 0 Å². The summed E-state index contributed by atoms with van der Waals surface area (Å²) in [5, 5.41) is 40.1. The summed E-state index contributed by atoms with van der Waals surface area (Å²) in [5.41, 5.74) is 0. The van der Waals surface area contributed by atoms with Gasteiger partial charge in [0.2, 0.25) is 0 Å². The molecule has 0 amide bonds. The zero-order chi connectivity index (χ0) is 14.8. The molecule has 0 aromatic carbocycles. The summed E-state index contributed by atoms with van der Waals surface area (Å²) in [6, 6.07) is 2.70. The Morgan fingerprint density at radius 3 is 1.95 bits per heavy atom. The highest BCUT2D eigenvalue weighted by atomic mass is 127. The number of alkyl halides is 1. The maximum atomic E-state index is 10.5. The maximum Gasteiger partial charge on any atom is 0.169 e. The predicted octanol–water partition coefficient (Wildman–Crippen LogP) is 0.639. The molecule has 1 saturated heterocycles. The molecule has 0 spiro atoms. The monoisotopic (exact) mass is 404 g/mol. The van der Waals surface area contributed by atoms with Crippen LogP contribution >= 0.6 is 22.6 Å². The van der Waals surface area contributed by atoms with Crippen molar-refractivity contribution in [3.63, 3.8) is 0 Å². The van der Waals surface area contributed by atoms with Gasteiger partial charge < -0.3 is 25.2 Å². The van der Waals surface area contributed by atoms with Crippen LogP contribution in [0.4, 0.5) is 0 Å². The third-order valence-corrected chi connectivity index (χ3v) is 15.7. The van der Waals surface area contributed by atoms with Gasteiger partial charge in [0.05, 0.1) is 23.8 Å². The van der Waals surface area contributed by atoms with Gasteiger partial charge >= 0.3 is 0 Å². The van der Waals surface area contributed by atoms with Crippen molar-refractivity contribution in [3.05, 3.63) is 0 Å². The highest BCUT2D eigenvalue weighted by molar-refractivity contribution is 14.1. The molecule has 0 saturated carbocycles. The Labute approximate surface area is 129 Å². The Morgan fingerprint density at radius 2 is 1.58 bits per heavy atom. The van der Waals surface area contributed by atoms with E-state index in [0.29, 0.717) is 0 Å². The fraction of sp³-hybridized carbons (Fsp3) is 1.00. The first kappa shape index (κ1) is 17.8. The van der Waals surface area contributed by atoms with E-state index in [1.54, 1.807) is 0 Å². The molecule has 0 bridgehead atoms. The first-order valence-corrected chi connectivity index (χ1v) is 10.5. The fourth-order valence-corrected chi connectivity index (χ4v) is 11.7. The minimum Gasteiger partial charge on any atom is -0.394 e. The van der Waals surface area contributed by atoms with E-state index in [4.69, 9.17) is 9.84 Å². The lowest BCUT2D eigenvalue weighted by molar-refractivity contribution is -0.242. The lowest BCUT2D eigenvalue weighted by atomic mass is 10.0. The first-order chi connectivity index (χ1) is 8.84. The summed E-state index contributed by atoms with van der Waals surface area (Å²) < 4.78 is 4.51. The van der Waals surface area contributed by atoms with Crippen LogP contribution in [0.3, 0.4) is 0 Å². The second-order valence-electron chi connectivity index (χ2n) is 5.25. The molecule has 1 fully saturated rings. The summed E-state index contributed by atoms with van der Waals surface area (Å²) in [7, 11) is -2.03. The molecule has 1 aliphatic rings. The maximum absolute atomic E-state index is 10.5. The number of ether oxygens (including phenoxy) is 1. The molecule has 1 rings (SSSR count). The van der Waals surface area contributed by atoms with Gasteiger partial charge in [-0.15, -0.1) is 0 Å². The normalized spacial score (nSPS) is 40.4. The summed E-state index contributed by atoms with van der Waals surface area (Å²) in [6.07, 6.45) is -4.33. The Hall–Kier alpha value is 0.747. The molecular formula is C12H25IO5Si. The number of hydrogen-bond acceptors (Lipinski definition) is 5. The van der Waals surface area contributed by atoms with Gasteiger partial charge in [0.15, 0.2) is 6.29 Å². The molecule has 4 N–H and O–H groups in total. The van der Waals surface area contributed by atoms with Gasteiger partial charge in [-0.2, -0.15) is 0 Å². The van der Waals surface area contributed by atoms with Crippen LogP contribution in [0.5, 0.6) is 0 Å². The highest BCUT2D eigenvalue weighted by Crippen LogP contribution is 2.48. The molecular weight excluding hydrogens is 379 g/mol. The van der Waals surface area contributed by atoms with Crippen molar-refractivity contribution in [2.45, 2.75) is 66.6 Å². The SMILES string of the molecule is CC[Si](CC)(CC)[C@@]1(I)[C@@H](O)O[C@H](CO)[C@@H](O)[C@@H]1O. The van der Waals surface area contributed by atoms with Crippen molar-refractivity contribution in [2.75, 3.05) is 6.61 Å². The van der Waals surface area contributed by atoms with E-state index in [0.717, 1.165) is 18.1 Å². The Balaban J connectivity index is 3.21. The number of rotatable bonds is 5. The van der Waals surface area contributed by atoms with Crippen LogP contribution in [0.1, 0.15) is 20.8 Å². The van der Waals surface area contributed by atoms with E-state index < -0.39 is 42.3 Å². The molecule has 1 aliphatic heterocycles. The Kier molecular flexibility index (Phi) is 6.25. The van der Waals surface area contributed by atoms with Crippen LogP contribution in [0.2, 0.25) is 18.1 Å². The van der Waals surface area contributed by atoms with Gasteiger partial charge in [-0.1, -0.05) is 61.5 Å². The van der Waals surface area contributed by atoms with Crippen molar-refractivity contribution in [3.8, 4) is 0 Å². The molecule has 0 radical (unpaired) electrons. The van der Waals surface area contributed by atoms with E-state index >= 15 is 0 Å². The molecule has 5 atom stereocenters. The van der Waals surface area contributed by atoms with E-state index in [1.807, 2.05) is 0 Å². The third-order valence-electron chi connectivity index (χ3n) is 4.82. The van der Waals surface area contributed by atoms with Crippen LogP contribution in [0, 0.1) is 0 Å². The third kappa shape index (κ3) is 2.63. The largest absolute Gasteiger partial charge is 0.394 e. The Bertz CT molecular complexity index is 294. The zero-order valence-electron chi connectivity index (χ0n) is 11.7. The minimum atomic E-state index is -2.03. The molecule has 19 heavy (non-hydrogen) atoms. The average Bonchev–Trinajstić information content (AvgIpc) is 2.43. The molecule has 114 valence electrons. The van der Waals surface area contributed by atoms with E-state index in [2.05, 4.69) is 43.4 Å². The van der Waals surface area contributed by atoms with Crippen molar-refractivity contribution >= 4 is 30.7 Å². The van der Waals surface area contributed by atoms with Crippen molar-refractivity contribution in [1.29, 1.82) is 0 Å². The zero-order valence-corrected chi connectivity index (χ0v) is 14.9. The molecule has 5 nitrogen and oxygen atoms in total. The van der Waals surface area contributed by atoms with E-state index in [9.17, 15) is 15.3 Å². The smallest absolute Gasteiger partial charge is 0.169 e. The quantitative estimate of drug-likeness (QED) is 0.307. The second kappa shape index (κ2) is 6.67. The molecule has 0 aromatic rings. The van der Waals surface area contributed by atoms with Gasteiger partial charge in [-0.05, 0) is 0 Å². The minimum absolute atomic E-state index is 0.416. The number of halogens is 1. The van der Waals surface area contributed by atoms with Crippen molar-refractivity contribution in [2.24, 2.45) is 0 Å². The average molecular weight is 404 g/mol. The van der Waals surface area contributed by atoms with Crippen LogP contribution in [0.15, 0.2) is 0 Å². The number of aliphatic hydroxyl groups is 4. The van der Waals surface area contributed by atoms with Crippen molar-refractivity contribution in [1.82, 2.24) is 0 Å². The van der Waals surface area contributed by atoms with Gasteiger partial charge in [0.1, 0.15) is 12.2 Å². The Morgan fingerprint density at radius 1 is 1.11 bits per heavy atom. The molecule has 7 heteroatoms. The van der Waals surface area contributed by atoms with Crippen molar-refractivity contribution < 1.29 is 25.2 Å². The lowest BCUT2D eigenvalue weighted by Gasteiger charge is -2.54. The van der Waals surface area contributed by atoms with Gasteiger partial charge in [-0.3, -0.25) is 0 Å². The van der Waals surface area contributed by atoms with Crippen LogP contribution < -0.4 is 0 Å². The highest BCUT2D eigenvalue weighted by Gasteiger charge is 2.63. The summed E-state index contributed by atoms with van der Waals surface area (Å²) in [6.45, 7) is 5.80. The number of hydrogen-bond donors (Lipinski definition) is 4. The second-order valence-corrected chi connectivity index (χ2v) is 13.6. The first-order valence-electron chi connectivity index (χ1n) is 6.84. The lowest BCUT2D eigenvalue weighted by Crippen LogP contribution is -2.74. The molecule has 0 unspecified atom stereocenters. The van der Waals surface area contributed by atoms with Gasteiger partial charge in [0, 0.05) is 0 Å². The van der Waals surface area contributed by atoms with Crippen LogP contribution in [-0.4, -0.2) is 62.8 Å². The fourth-order valence-electron chi connectivity index (χ4n) is 3.23. The topological polar surface area (TPSA) is 90.2 Å². The standard InChI is InChI=1S/C12H25IO5Si/c1-4-19(5-2,6-3)12(13)10(16)9(15)8(7-14)18-11(12)17/h8-11,14-17H,4-7H2,1-3H3/t8-,9-,10+,11+,12-/m1/s1. The van der Waals surface area contributed by atoms with Crippen LogP contribution in [0.25, 0.3) is 0 Å². The molecule has 1 heterocycles. The van der Waals surface area contributed by atoms with Crippen LogP contribution in [-0.2, 0) is 4.74 Å².